The first-order valence-electron chi connectivity index (χ1n) is 9.20. The summed E-state index contributed by atoms with van der Waals surface area (Å²) >= 11 is 0. The molecular formula is C19H21N5O3. The van der Waals surface area contributed by atoms with Crippen LogP contribution in [0.4, 0.5) is 0 Å². The predicted molar refractivity (Wildman–Crippen MR) is 98.1 cm³/mol. The van der Waals surface area contributed by atoms with E-state index in [1.54, 1.807) is 17.0 Å². The molecule has 1 atom stereocenters. The molecule has 3 aromatic rings. The normalized spacial score (nSPS) is 17.3. The van der Waals surface area contributed by atoms with E-state index in [0.29, 0.717) is 42.7 Å². The van der Waals surface area contributed by atoms with Crippen molar-refractivity contribution < 1.29 is 9.32 Å². The Labute approximate surface area is 155 Å². The molecule has 27 heavy (non-hydrogen) atoms. The number of nitrogens with zero attached hydrogens (tertiary/aromatic N) is 5. The van der Waals surface area contributed by atoms with Crippen LogP contribution in [0.3, 0.4) is 0 Å². The van der Waals surface area contributed by atoms with E-state index in [1.165, 1.54) is 6.39 Å². The van der Waals surface area contributed by atoms with Gasteiger partial charge in [0.15, 0.2) is 5.82 Å². The predicted octanol–water partition coefficient (Wildman–Crippen LogP) is 1.97. The number of benzene rings is 1. The fourth-order valence-electron chi connectivity index (χ4n) is 3.60. The molecule has 4 rings (SSSR count). The third kappa shape index (κ3) is 3.74. The van der Waals surface area contributed by atoms with Crippen LogP contribution in [0.25, 0.3) is 10.9 Å². The van der Waals surface area contributed by atoms with Gasteiger partial charge in [-0.2, -0.15) is 4.98 Å². The van der Waals surface area contributed by atoms with E-state index in [4.69, 9.17) is 4.52 Å². The summed E-state index contributed by atoms with van der Waals surface area (Å²) < 4.78 is 6.39. The zero-order chi connectivity index (χ0) is 18.6. The van der Waals surface area contributed by atoms with Gasteiger partial charge in [-0.1, -0.05) is 17.3 Å². The van der Waals surface area contributed by atoms with E-state index in [0.717, 1.165) is 19.4 Å². The van der Waals surface area contributed by atoms with Gasteiger partial charge >= 0.3 is 0 Å². The summed E-state index contributed by atoms with van der Waals surface area (Å²) in [4.78, 5) is 35.3. The minimum Gasteiger partial charge on any atom is -0.343 e. The number of amides is 1. The molecule has 0 bridgehead atoms. The third-order valence-electron chi connectivity index (χ3n) is 5.04. The number of rotatable bonds is 5. The summed E-state index contributed by atoms with van der Waals surface area (Å²) in [5.41, 5.74) is 0.624. The van der Waals surface area contributed by atoms with Crippen molar-refractivity contribution in [3.63, 3.8) is 0 Å². The molecule has 0 spiro atoms. The van der Waals surface area contributed by atoms with Crippen LogP contribution in [0.1, 0.15) is 37.4 Å². The quantitative estimate of drug-likeness (QED) is 0.684. The molecule has 1 aliphatic heterocycles. The molecule has 2 aromatic heterocycles. The minimum absolute atomic E-state index is 0.0665. The molecule has 0 aliphatic carbocycles. The molecule has 140 valence electrons. The van der Waals surface area contributed by atoms with Gasteiger partial charge in [0, 0.05) is 32.0 Å². The average Bonchev–Trinajstić information content (AvgIpc) is 3.25. The van der Waals surface area contributed by atoms with Gasteiger partial charge in [-0.25, -0.2) is 4.98 Å². The maximum Gasteiger partial charge on any atom is 0.261 e. The minimum atomic E-state index is -0.0665. The Hall–Kier alpha value is -3.03. The molecular weight excluding hydrogens is 346 g/mol. The van der Waals surface area contributed by atoms with E-state index in [-0.39, 0.29) is 17.4 Å². The number of carbonyl (C=O) groups excluding carboxylic acids is 1. The van der Waals surface area contributed by atoms with Gasteiger partial charge in [0.2, 0.25) is 12.3 Å². The highest BCUT2D eigenvalue weighted by Crippen LogP contribution is 2.24. The summed E-state index contributed by atoms with van der Waals surface area (Å²) in [7, 11) is 0. The van der Waals surface area contributed by atoms with Crippen molar-refractivity contribution >= 4 is 16.8 Å². The molecule has 1 amide bonds. The number of aromatic nitrogens is 4. The summed E-state index contributed by atoms with van der Waals surface area (Å²) in [6.45, 7) is 1.85. The zero-order valence-electron chi connectivity index (χ0n) is 15.0. The Kier molecular flexibility index (Phi) is 4.95. The van der Waals surface area contributed by atoms with Crippen molar-refractivity contribution in [3.8, 4) is 0 Å². The molecule has 0 unspecified atom stereocenters. The molecule has 0 N–H and O–H groups in total. The van der Waals surface area contributed by atoms with Crippen molar-refractivity contribution in [3.05, 3.63) is 53.2 Å². The maximum absolute atomic E-state index is 12.6. The third-order valence-corrected chi connectivity index (χ3v) is 5.04. The number of fused-ring (bicyclic) bond motifs is 1. The fraction of sp³-hybridized carbons (Fsp3) is 0.421. The lowest BCUT2D eigenvalue weighted by atomic mass is 9.97. The maximum atomic E-state index is 12.6. The first-order chi connectivity index (χ1) is 13.2. The van der Waals surface area contributed by atoms with E-state index in [1.807, 2.05) is 23.1 Å². The highest BCUT2D eigenvalue weighted by molar-refractivity contribution is 5.77. The highest BCUT2D eigenvalue weighted by Gasteiger charge is 2.26. The summed E-state index contributed by atoms with van der Waals surface area (Å²) in [6, 6.07) is 7.28. The fourth-order valence-corrected chi connectivity index (χ4v) is 3.60. The first kappa shape index (κ1) is 17.4. The molecule has 1 fully saturated rings. The zero-order valence-corrected chi connectivity index (χ0v) is 15.0. The van der Waals surface area contributed by atoms with Gasteiger partial charge in [0.1, 0.15) is 0 Å². The van der Waals surface area contributed by atoms with Crippen LogP contribution < -0.4 is 5.56 Å². The van der Waals surface area contributed by atoms with E-state index < -0.39 is 0 Å². The Morgan fingerprint density at radius 1 is 1.26 bits per heavy atom. The Morgan fingerprint density at radius 2 is 2.15 bits per heavy atom. The van der Waals surface area contributed by atoms with Crippen LogP contribution >= 0.6 is 0 Å². The van der Waals surface area contributed by atoms with Crippen molar-refractivity contribution in [2.24, 2.45) is 0 Å². The van der Waals surface area contributed by atoms with E-state index in [9.17, 15) is 9.59 Å². The van der Waals surface area contributed by atoms with Crippen LogP contribution in [-0.4, -0.2) is 43.6 Å². The lowest BCUT2D eigenvalue weighted by molar-refractivity contribution is -0.132. The van der Waals surface area contributed by atoms with Crippen LogP contribution in [0.2, 0.25) is 0 Å². The summed E-state index contributed by atoms with van der Waals surface area (Å²) in [5.74, 6) is 0.903. The van der Waals surface area contributed by atoms with Gasteiger partial charge in [0.05, 0.1) is 17.2 Å². The van der Waals surface area contributed by atoms with Crippen molar-refractivity contribution in [1.29, 1.82) is 0 Å². The van der Waals surface area contributed by atoms with Crippen LogP contribution in [-0.2, 0) is 11.3 Å². The van der Waals surface area contributed by atoms with Gasteiger partial charge in [-0.3, -0.25) is 14.2 Å². The van der Waals surface area contributed by atoms with Crippen molar-refractivity contribution in [2.75, 3.05) is 13.1 Å². The van der Waals surface area contributed by atoms with E-state index in [2.05, 4.69) is 15.1 Å². The lowest BCUT2D eigenvalue weighted by Gasteiger charge is -2.31. The lowest BCUT2D eigenvalue weighted by Crippen LogP contribution is -2.39. The Bertz CT molecular complexity index is 982. The molecule has 0 radical (unpaired) electrons. The SMILES string of the molecule is O=C(CCCn1cnc2ccccc2c1=O)N1CCC[C@@H](c2ncon2)C1. The van der Waals surface area contributed by atoms with Crippen molar-refractivity contribution in [1.82, 2.24) is 24.6 Å². The van der Waals surface area contributed by atoms with Crippen LogP contribution in [0, 0.1) is 0 Å². The molecule has 8 nitrogen and oxygen atoms in total. The van der Waals surface area contributed by atoms with Gasteiger partial charge < -0.3 is 9.42 Å². The van der Waals surface area contributed by atoms with Gasteiger partial charge in [-0.05, 0) is 31.4 Å². The topological polar surface area (TPSA) is 94.1 Å². The van der Waals surface area contributed by atoms with Crippen molar-refractivity contribution in [2.45, 2.75) is 38.1 Å². The molecule has 3 heterocycles. The molecule has 1 saturated heterocycles. The van der Waals surface area contributed by atoms with Crippen LogP contribution in [0.15, 0.2) is 46.3 Å². The number of para-hydroxylation sites is 1. The van der Waals surface area contributed by atoms with Crippen LogP contribution in [0.5, 0.6) is 0 Å². The highest BCUT2D eigenvalue weighted by atomic mass is 16.5. The number of piperidine rings is 1. The second-order valence-corrected chi connectivity index (χ2v) is 6.83. The Morgan fingerprint density at radius 3 is 3.00 bits per heavy atom. The monoisotopic (exact) mass is 367 g/mol. The van der Waals surface area contributed by atoms with Gasteiger partial charge in [0.25, 0.3) is 5.56 Å². The number of hydrogen-bond donors (Lipinski definition) is 0. The Balaban J connectivity index is 1.34. The molecule has 1 aliphatic rings. The summed E-state index contributed by atoms with van der Waals surface area (Å²) in [6.07, 6.45) is 5.77. The summed E-state index contributed by atoms with van der Waals surface area (Å²) in [5, 5.41) is 4.50. The van der Waals surface area contributed by atoms with Gasteiger partial charge in [-0.15, -0.1) is 0 Å². The second-order valence-electron chi connectivity index (χ2n) is 6.83. The second kappa shape index (κ2) is 7.69. The number of hydrogen-bond acceptors (Lipinski definition) is 6. The number of aryl methyl sites for hydroxylation is 1. The molecule has 8 heteroatoms. The van der Waals surface area contributed by atoms with E-state index >= 15 is 0 Å². The smallest absolute Gasteiger partial charge is 0.261 e. The number of carbonyl (C=O) groups is 1. The largest absolute Gasteiger partial charge is 0.343 e. The molecule has 1 aromatic carbocycles. The number of likely N-dealkylation sites (tertiary alicyclic amines) is 1. The first-order valence-corrected chi connectivity index (χ1v) is 9.20. The molecule has 0 saturated carbocycles. The average molecular weight is 367 g/mol. The standard InChI is InChI=1S/C19H21N5O3/c25-17(23-9-3-5-14(11-23)18-21-13-27-22-18)8-4-10-24-12-20-16-7-2-1-6-15(16)19(24)26/h1-2,6-7,12-14H,3-5,8-11H2/t14-/m1/s1.